The zero-order valence-electron chi connectivity index (χ0n) is 17.8. The van der Waals surface area contributed by atoms with Crippen LogP contribution in [0.4, 0.5) is 0 Å². The van der Waals surface area contributed by atoms with Crippen molar-refractivity contribution >= 4 is 34.9 Å². The average molecular weight is 479 g/mol. The van der Waals surface area contributed by atoms with Gasteiger partial charge in [-0.2, -0.15) is 0 Å². The summed E-state index contributed by atoms with van der Waals surface area (Å²) in [6, 6.07) is 14.0. The summed E-state index contributed by atoms with van der Waals surface area (Å²) in [4.78, 5) is 37.9. The van der Waals surface area contributed by atoms with Crippen molar-refractivity contribution in [2.45, 2.75) is 15.8 Å². The summed E-state index contributed by atoms with van der Waals surface area (Å²) >= 11 is 3.02. The number of fused-ring (bicyclic) bond motifs is 2. The first-order chi connectivity index (χ1) is 16.2. The average Bonchev–Trinajstić information content (AvgIpc) is 3.36. The van der Waals surface area contributed by atoms with Crippen LogP contribution < -0.4 is 4.74 Å². The van der Waals surface area contributed by atoms with E-state index in [0.717, 1.165) is 47.5 Å². The maximum Gasteiger partial charge on any atom is 0.282 e. The van der Waals surface area contributed by atoms with Gasteiger partial charge in [0.15, 0.2) is 5.01 Å². The minimum absolute atomic E-state index is 0.0203. The van der Waals surface area contributed by atoms with E-state index in [1.165, 1.54) is 11.3 Å². The molecular weight excluding hydrogens is 456 g/mol. The zero-order valence-corrected chi connectivity index (χ0v) is 19.5. The van der Waals surface area contributed by atoms with Gasteiger partial charge < -0.3 is 14.5 Å². The standard InChI is InChI=1S/C24H22N4O3S2/c29-23(16-5-6-19-21(13-16)33-20-4-2-1-3-18(20)31-19)28-14-17(15-28)26-8-10-27(11-9-26)24(30)22-25-7-12-32-22/h1-7,12-13,17H,8-11,14-15H2. The Labute approximate surface area is 200 Å². The van der Waals surface area contributed by atoms with Gasteiger partial charge in [0, 0.05) is 62.5 Å². The SMILES string of the molecule is O=C(c1ccc2c(c1)Sc1ccccc1O2)N1CC(N2CCN(C(=O)c3nccs3)CC2)C1. The molecule has 0 unspecified atom stereocenters. The highest BCUT2D eigenvalue weighted by atomic mass is 32.2. The lowest BCUT2D eigenvalue weighted by molar-refractivity contribution is 0.00852. The number of hydrogen-bond acceptors (Lipinski definition) is 7. The summed E-state index contributed by atoms with van der Waals surface area (Å²) in [5, 5.41) is 2.39. The van der Waals surface area contributed by atoms with Gasteiger partial charge in [-0.3, -0.25) is 14.5 Å². The number of piperazine rings is 1. The van der Waals surface area contributed by atoms with E-state index in [2.05, 4.69) is 9.88 Å². The number of thiazole rings is 1. The Morgan fingerprint density at radius 2 is 1.70 bits per heavy atom. The van der Waals surface area contributed by atoms with E-state index in [-0.39, 0.29) is 11.8 Å². The molecule has 0 bridgehead atoms. The Morgan fingerprint density at radius 1 is 0.909 bits per heavy atom. The summed E-state index contributed by atoms with van der Waals surface area (Å²) in [7, 11) is 0. The van der Waals surface area contributed by atoms with Crippen molar-refractivity contribution in [1.29, 1.82) is 0 Å². The molecular formula is C24H22N4O3S2. The molecule has 33 heavy (non-hydrogen) atoms. The lowest BCUT2D eigenvalue weighted by Crippen LogP contribution is -2.64. The third kappa shape index (κ3) is 3.90. The molecule has 2 saturated heterocycles. The summed E-state index contributed by atoms with van der Waals surface area (Å²) in [5.41, 5.74) is 0.696. The molecule has 9 heteroatoms. The van der Waals surface area contributed by atoms with E-state index in [4.69, 9.17) is 4.74 Å². The van der Waals surface area contributed by atoms with Gasteiger partial charge in [-0.05, 0) is 30.3 Å². The van der Waals surface area contributed by atoms with Gasteiger partial charge in [-0.25, -0.2) is 4.98 Å². The molecule has 0 aliphatic carbocycles. The topological polar surface area (TPSA) is 66.0 Å². The van der Waals surface area contributed by atoms with E-state index in [9.17, 15) is 9.59 Å². The first-order valence-electron chi connectivity index (χ1n) is 11.0. The number of carbonyl (C=O) groups excluding carboxylic acids is 2. The molecule has 1 aromatic heterocycles. The molecule has 0 radical (unpaired) electrons. The second-order valence-electron chi connectivity index (χ2n) is 8.34. The van der Waals surface area contributed by atoms with E-state index < -0.39 is 0 Å². The molecule has 2 amide bonds. The third-order valence-corrected chi connectivity index (χ3v) is 8.22. The number of hydrogen-bond donors (Lipinski definition) is 0. The van der Waals surface area contributed by atoms with Gasteiger partial charge in [-0.1, -0.05) is 23.9 Å². The molecule has 3 aromatic rings. The van der Waals surface area contributed by atoms with Crippen molar-refractivity contribution < 1.29 is 14.3 Å². The van der Waals surface area contributed by atoms with Gasteiger partial charge in [-0.15, -0.1) is 11.3 Å². The molecule has 2 fully saturated rings. The van der Waals surface area contributed by atoms with E-state index in [1.807, 2.05) is 57.6 Å². The Bertz CT molecular complexity index is 1200. The Balaban J connectivity index is 1.04. The number of carbonyl (C=O) groups is 2. The first-order valence-corrected chi connectivity index (χ1v) is 12.7. The molecule has 3 aliphatic heterocycles. The van der Waals surface area contributed by atoms with Crippen molar-refractivity contribution in [3.63, 3.8) is 0 Å². The second-order valence-corrected chi connectivity index (χ2v) is 10.3. The maximum absolute atomic E-state index is 13.1. The molecule has 4 heterocycles. The third-order valence-electron chi connectivity index (χ3n) is 6.36. The fraction of sp³-hybridized carbons (Fsp3) is 0.292. The molecule has 0 N–H and O–H groups in total. The van der Waals surface area contributed by atoms with Crippen LogP contribution in [0.3, 0.4) is 0 Å². The Hall–Kier alpha value is -2.88. The number of likely N-dealkylation sites (tertiary alicyclic amines) is 1. The molecule has 2 aromatic carbocycles. The summed E-state index contributed by atoms with van der Waals surface area (Å²) in [5.74, 6) is 1.73. The van der Waals surface area contributed by atoms with Crippen LogP contribution in [0.5, 0.6) is 11.5 Å². The lowest BCUT2D eigenvalue weighted by atomic mass is 10.0. The predicted octanol–water partition coefficient (Wildman–Crippen LogP) is 3.68. The Kier molecular flexibility index (Phi) is 5.32. The molecule has 6 rings (SSSR count). The van der Waals surface area contributed by atoms with Crippen LogP contribution in [-0.2, 0) is 0 Å². The zero-order chi connectivity index (χ0) is 22.4. The van der Waals surface area contributed by atoms with Gasteiger partial charge in [0.1, 0.15) is 11.5 Å². The lowest BCUT2D eigenvalue weighted by Gasteiger charge is -2.48. The fourth-order valence-electron chi connectivity index (χ4n) is 4.45. The number of benzene rings is 2. The van der Waals surface area contributed by atoms with Crippen LogP contribution in [0.2, 0.25) is 0 Å². The van der Waals surface area contributed by atoms with Gasteiger partial charge in [0.05, 0.1) is 9.79 Å². The highest BCUT2D eigenvalue weighted by molar-refractivity contribution is 7.99. The van der Waals surface area contributed by atoms with Crippen LogP contribution in [0.1, 0.15) is 20.2 Å². The number of amides is 2. The highest BCUT2D eigenvalue weighted by Crippen LogP contribution is 2.47. The van der Waals surface area contributed by atoms with Crippen LogP contribution >= 0.6 is 23.1 Å². The smallest absolute Gasteiger partial charge is 0.282 e. The van der Waals surface area contributed by atoms with Crippen LogP contribution in [0.25, 0.3) is 0 Å². The number of para-hydroxylation sites is 1. The van der Waals surface area contributed by atoms with Crippen LogP contribution in [0.15, 0.2) is 63.8 Å². The quantitative estimate of drug-likeness (QED) is 0.448. The van der Waals surface area contributed by atoms with Crippen LogP contribution in [-0.4, -0.2) is 76.8 Å². The number of nitrogens with zero attached hydrogens (tertiary/aromatic N) is 4. The molecule has 7 nitrogen and oxygen atoms in total. The summed E-state index contributed by atoms with van der Waals surface area (Å²) in [6.07, 6.45) is 1.67. The van der Waals surface area contributed by atoms with Crippen LogP contribution in [0, 0.1) is 0 Å². The van der Waals surface area contributed by atoms with Crippen molar-refractivity contribution in [2.75, 3.05) is 39.3 Å². The van der Waals surface area contributed by atoms with Crippen molar-refractivity contribution in [3.8, 4) is 11.5 Å². The van der Waals surface area contributed by atoms with Gasteiger partial charge in [0.25, 0.3) is 11.8 Å². The Morgan fingerprint density at radius 3 is 2.48 bits per heavy atom. The van der Waals surface area contributed by atoms with Crippen molar-refractivity contribution in [3.05, 3.63) is 64.6 Å². The maximum atomic E-state index is 13.1. The van der Waals surface area contributed by atoms with Gasteiger partial charge in [0.2, 0.25) is 0 Å². The van der Waals surface area contributed by atoms with Crippen molar-refractivity contribution in [2.24, 2.45) is 0 Å². The molecule has 0 spiro atoms. The fourth-order valence-corrected chi connectivity index (χ4v) is 6.04. The summed E-state index contributed by atoms with van der Waals surface area (Å²) in [6.45, 7) is 4.51. The molecule has 3 aliphatic rings. The number of aromatic nitrogens is 1. The molecule has 0 saturated carbocycles. The predicted molar refractivity (Wildman–Crippen MR) is 126 cm³/mol. The largest absolute Gasteiger partial charge is 0.455 e. The first kappa shape index (κ1) is 20.7. The van der Waals surface area contributed by atoms with E-state index in [1.54, 1.807) is 18.0 Å². The number of ether oxygens (including phenoxy) is 1. The minimum Gasteiger partial charge on any atom is -0.455 e. The van der Waals surface area contributed by atoms with E-state index >= 15 is 0 Å². The van der Waals surface area contributed by atoms with Crippen molar-refractivity contribution in [1.82, 2.24) is 19.7 Å². The second kappa shape index (κ2) is 8.48. The normalized spacial score (nSPS) is 18.2. The number of rotatable bonds is 3. The van der Waals surface area contributed by atoms with Gasteiger partial charge >= 0.3 is 0 Å². The highest BCUT2D eigenvalue weighted by Gasteiger charge is 2.37. The van der Waals surface area contributed by atoms with E-state index in [0.29, 0.717) is 29.7 Å². The molecule has 0 atom stereocenters. The monoisotopic (exact) mass is 478 g/mol. The molecule has 168 valence electrons. The minimum atomic E-state index is 0.0203. The summed E-state index contributed by atoms with van der Waals surface area (Å²) < 4.78 is 5.97.